The first-order valence-electron chi connectivity index (χ1n) is 4.96. The van der Waals surface area contributed by atoms with Gasteiger partial charge in [0.2, 0.25) is 0 Å². The van der Waals surface area contributed by atoms with Crippen molar-refractivity contribution in [3.05, 3.63) is 18.2 Å². The van der Waals surface area contributed by atoms with E-state index in [2.05, 4.69) is 9.72 Å². The summed E-state index contributed by atoms with van der Waals surface area (Å²) >= 11 is 0. The molecule has 15 heavy (non-hydrogen) atoms. The minimum atomic E-state index is -1.05. The summed E-state index contributed by atoms with van der Waals surface area (Å²) in [5, 5.41) is 9.43. The van der Waals surface area contributed by atoms with Gasteiger partial charge in [0.15, 0.2) is 6.10 Å². The highest BCUT2D eigenvalue weighted by Gasteiger charge is 2.16. The van der Waals surface area contributed by atoms with Crippen LogP contribution in [0, 0.1) is 0 Å². The first-order valence-corrected chi connectivity index (χ1v) is 4.96. The molecule has 0 bridgehead atoms. The molecule has 1 N–H and O–H groups in total. The number of hydrogen-bond acceptors (Lipinski definition) is 4. The van der Waals surface area contributed by atoms with E-state index in [0.29, 0.717) is 12.8 Å². The second kappa shape index (κ2) is 5.50. The lowest BCUT2D eigenvalue weighted by Gasteiger charge is -2.08. The summed E-state index contributed by atoms with van der Waals surface area (Å²) in [5.74, 6) is 0.282. The minimum Gasteiger partial charge on any atom is -0.464 e. The van der Waals surface area contributed by atoms with Crippen molar-refractivity contribution < 1.29 is 14.6 Å². The maximum atomic E-state index is 11.1. The minimum absolute atomic E-state index is 0.290. The predicted octanol–water partition coefficient (Wildman–Crippen LogP) is 0.277. The predicted molar refractivity (Wildman–Crippen MR) is 54.2 cm³/mol. The standard InChI is InChI=1S/C10H16N2O3/c1-3-15-10(14)8(13)4-5-9-11-6-7-12(9)2/h6-8,13H,3-5H2,1-2H3. The van der Waals surface area contributed by atoms with E-state index in [-0.39, 0.29) is 6.61 Å². The zero-order chi connectivity index (χ0) is 11.3. The molecule has 1 heterocycles. The number of carbonyl (C=O) groups is 1. The van der Waals surface area contributed by atoms with Crippen LogP contribution in [0.25, 0.3) is 0 Å². The molecule has 1 aromatic rings. The molecular formula is C10H16N2O3. The topological polar surface area (TPSA) is 64.3 Å². The van der Waals surface area contributed by atoms with Crippen LogP contribution in [0.5, 0.6) is 0 Å². The summed E-state index contributed by atoms with van der Waals surface area (Å²) in [6.07, 6.45) is 3.35. The highest BCUT2D eigenvalue weighted by Crippen LogP contribution is 2.03. The number of ether oxygens (including phenoxy) is 1. The van der Waals surface area contributed by atoms with Gasteiger partial charge in [-0.1, -0.05) is 0 Å². The van der Waals surface area contributed by atoms with Gasteiger partial charge in [0.05, 0.1) is 6.61 Å². The molecule has 0 fully saturated rings. The second-order valence-electron chi connectivity index (χ2n) is 3.26. The van der Waals surface area contributed by atoms with E-state index < -0.39 is 12.1 Å². The Morgan fingerprint density at radius 1 is 1.73 bits per heavy atom. The van der Waals surface area contributed by atoms with Gasteiger partial charge >= 0.3 is 5.97 Å². The van der Waals surface area contributed by atoms with Crippen molar-refractivity contribution in [2.24, 2.45) is 7.05 Å². The Labute approximate surface area is 88.7 Å². The smallest absolute Gasteiger partial charge is 0.334 e. The second-order valence-corrected chi connectivity index (χ2v) is 3.26. The zero-order valence-electron chi connectivity index (χ0n) is 9.01. The average molecular weight is 212 g/mol. The largest absolute Gasteiger partial charge is 0.464 e. The Kier molecular flexibility index (Phi) is 4.30. The number of aromatic nitrogens is 2. The summed E-state index contributed by atoms with van der Waals surface area (Å²) in [7, 11) is 1.87. The number of rotatable bonds is 5. The summed E-state index contributed by atoms with van der Waals surface area (Å²) < 4.78 is 6.55. The quantitative estimate of drug-likeness (QED) is 0.712. The Balaban J connectivity index is 2.37. The molecule has 0 amide bonds. The van der Waals surface area contributed by atoms with Crippen LogP contribution in [-0.4, -0.2) is 33.3 Å². The first kappa shape index (κ1) is 11.7. The molecule has 5 nitrogen and oxygen atoms in total. The third-order valence-electron chi connectivity index (χ3n) is 2.12. The van der Waals surface area contributed by atoms with Gasteiger partial charge in [0, 0.05) is 25.9 Å². The molecule has 1 unspecified atom stereocenters. The fourth-order valence-electron chi connectivity index (χ4n) is 1.26. The molecule has 0 saturated heterocycles. The normalized spacial score (nSPS) is 12.5. The molecule has 0 aliphatic heterocycles. The van der Waals surface area contributed by atoms with Crippen molar-refractivity contribution in [1.82, 2.24) is 9.55 Å². The van der Waals surface area contributed by atoms with Gasteiger partial charge in [-0.05, 0) is 13.3 Å². The number of carbonyl (C=O) groups excluding carboxylic acids is 1. The lowest BCUT2D eigenvalue weighted by molar-refractivity contribution is -0.153. The number of aliphatic hydroxyl groups excluding tert-OH is 1. The number of esters is 1. The van der Waals surface area contributed by atoms with Gasteiger partial charge in [0.25, 0.3) is 0 Å². The summed E-state index contributed by atoms with van der Waals surface area (Å²) in [4.78, 5) is 15.2. The van der Waals surface area contributed by atoms with Crippen LogP contribution in [0.2, 0.25) is 0 Å². The van der Waals surface area contributed by atoms with Crippen LogP contribution < -0.4 is 0 Å². The SMILES string of the molecule is CCOC(=O)C(O)CCc1nccn1C. The van der Waals surface area contributed by atoms with Gasteiger partial charge < -0.3 is 14.4 Å². The van der Waals surface area contributed by atoms with Crippen LogP contribution in [0.1, 0.15) is 19.2 Å². The van der Waals surface area contributed by atoms with E-state index in [4.69, 9.17) is 0 Å². The molecule has 0 aliphatic carbocycles. The fraction of sp³-hybridized carbons (Fsp3) is 0.600. The van der Waals surface area contributed by atoms with E-state index in [0.717, 1.165) is 5.82 Å². The molecule has 1 atom stereocenters. The van der Waals surface area contributed by atoms with Gasteiger partial charge in [-0.2, -0.15) is 0 Å². The number of aliphatic hydroxyl groups is 1. The fourth-order valence-corrected chi connectivity index (χ4v) is 1.26. The van der Waals surface area contributed by atoms with Crippen molar-refractivity contribution in [3.63, 3.8) is 0 Å². The Morgan fingerprint density at radius 2 is 2.47 bits per heavy atom. The molecule has 0 radical (unpaired) electrons. The molecule has 0 saturated carbocycles. The maximum absolute atomic E-state index is 11.1. The van der Waals surface area contributed by atoms with E-state index in [9.17, 15) is 9.90 Å². The molecule has 84 valence electrons. The first-order chi connectivity index (χ1) is 7.15. The molecule has 1 rings (SSSR count). The molecule has 0 aromatic carbocycles. The summed E-state index contributed by atoms with van der Waals surface area (Å²) in [6, 6.07) is 0. The van der Waals surface area contributed by atoms with Crippen LogP contribution in [-0.2, 0) is 23.0 Å². The third-order valence-corrected chi connectivity index (χ3v) is 2.12. The van der Waals surface area contributed by atoms with Crippen LogP contribution in [0.4, 0.5) is 0 Å². The van der Waals surface area contributed by atoms with Gasteiger partial charge in [-0.25, -0.2) is 9.78 Å². The summed E-state index contributed by atoms with van der Waals surface area (Å²) in [5.41, 5.74) is 0. The highest BCUT2D eigenvalue weighted by molar-refractivity contribution is 5.74. The number of nitrogens with zero attached hydrogens (tertiary/aromatic N) is 2. The third kappa shape index (κ3) is 3.36. The van der Waals surface area contributed by atoms with Crippen molar-refractivity contribution >= 4 is 5.97 Å². The van der Waals surface area contributed by atoms with E-state index in [1.165, 1.54) is 0 Å². The van der Waals surface area contributed by atoms with Crippen LogP contribution >= 0.6 is 0 Å². The molecule has 5 heteroatoms. The maximum Gasteiger partial charge on any atom is 0.334 e. The van der Waals surface area contributed by atoms with Crippen LogP contribution in [0.15, 0.2) is 12.4 Å². The lowest BCUT2D eigenvalue weighted by Crippen LogP contribution is -2.24. The van der Waals surface area contributed by atoms with Gasteiger partial charge in [-0.15, -0.1) is 0 Å². The van der Waals surface area contributed by atoms with E-state index >= 15 is 0 Å². The number of hydrogen-bond donors (Lipinski definition) is 1. The molecule has 0 aliphatic rings. The van der Waals surface area contributed by atoms with E-state index in [1.54, 1.807) is 13.1 Å². The Bertz CT molecular complexity index is 322. The van der Waals surface area contributed by atoms with Crippen molar-refractivity contribution in [3.8, 4) is 0 Å². The Hall–Kier alpha value is -1.36. The molecular weight excluding hydrogens is 196 g/mol. The number of imidazole rings is 1. The average Bonchev–Trinajstić information content (AvgIpc) is 2.61. The number of aryl methyl sites for hydroxylation is 2. The van der Waals surface area contributed by atoms with Crippen molar-refractivity contribution in [1.29, 1.82) is 0 Å². The zero-order valence-corrected chi connectivity index (χ0v) is 9.01. The van der Waals surface area contributed by atoms with E-state index in [1.807, 2.05) is 17.8 Å². The highest BCUT2D eigenvalue weighted by atomic mass is 16.5. The van der Waals surface area contributed by atoms with Gasteiger partial charge in [-0.3, -0.25) is 0 Å². The van der Waals surface area contributed by atoms with Crippen molar-refractivity contribution in [2.75, 3.05) is 6.61 Å². The molecule has 1 aromatic heterocycles. The lowest BCUT2D eigenvalue weighted by atomic mass is 10.2. The monoisotopic (exact) mass is 212 g/mol. The summed E-state index contributed by atoms with van der Waals surface area (Å²) in [6.45, 7) is 2.00. The van der Waals surface area contributed by atoms with Gasteiger partial charge in [0.1, 0.15) is 5.82 Å². The van der Waals surface area contributed by atoms with Crippen molar-refractivity contribution in [2.45, 2.75) is 25.9 Å². The Morgan fingerprint density at radius 3 is 3.00 bits per heavy atom. The van der Waals surface area contributed by atoms with Crippen LogP contribution in [0.3, 0.4) is 0 Å². The molecule has 0 spiro atoms.